The minimum Gasteiger partial charge on any atom is -0.480 e. The van der Waals surface area contributed by atoms with Crippen molar-refractivity contribution in [3.8, 4) is 5.75 Å². The second kappa shape index (κ2) is 12.7. The third-order valence-corrected chi connectivity index (χ3v) is 6.07. The lowest BCUT2D eigenvalue weighted by Gasteiger charge is -2.19. The van der Waals surface area contributed by atoms with Crippen LogP contribution in [0.2, 0.25) is 5.02 Å². The van der Waals surface area contributed by atoms with Gasteiger partial charge in [-0.2, -0.15) is 0 Å². The van der Waals surface area contributed by atoms with Gasteiger partial charge in [0.15, 0.2) is 5.96 Å². The molecule has 1 aliphatic carbocycles. The fourth-order valence-electron chi connectivity index (χ4n) is 3.85. The molecule has 6 N–H and O–H groups in total. The molecule has 0 fully saturated rings. The summed E-state index contributed by atoms with van der Waals surface area (Å²) in [6.07, 6.45) is 6.80. The molecule has 194 valence electrons. The summed E-state index contributed by atoms with van der Waals surface area (Å²) in [6, 6.07) is 9.64. The van der Waals surface area contributed by atoms with Gasteiger partial charge in [0.1, 0.15) is 11.8 Å². The molecule has 3 rings (SSSR count). The number of nitrogens with one attached hydrogen (secondary N) is 1. The zero-order chi connectivity index (χ0) is 26.9. The van der Waals surface area contributed by atoms with Gasteiger partial charge >= 0.3 is 11.9 Å². The van der Waals surface area contributed by atoms with Crippen molar-refractivity contribution in [3.63, 3.8) is 0 Å². The first-order valence-electron chi connectivity index (χ1n) is 11.8. The van der Waals surface area contributed by atoms with E-state index < -0.39 is 23.9 Å². The summed E-state index contributed by atoms with van der Waals surface area (Å²) in [5.74, 6) is -2.08. The Labute approximate surface area is 219 Å². The number of hydrogen-bond donors (Lipinski definition) is 4. The number of nitrogens with two attached hydrogens (primary N) is 2. The molecule has 0 aromatic heterocycles. The van der Waals surface area contributed by atoms with Crippen LogP contribution in [0.5, 0.6) is 5.75 Å². The second-order valence-electron chi connectivity index (χ2n) is 8.54. The number of esters is 1. The number of nitrogens with zero attached hydrogens (tertiary/aromatic N) is 1. The molecule has 9 nitrogen and oxygen atoms in total. The van der Waals surface area contributed by atoms with Gasteiger partial charge in [-0.15, -0.1) is 0 Å². The van der Waals surface area contributed by atoms with Crippen LogP contribution in [-0.2, 0) is 16.0 Å². The number of carbonyl (C=O) groups excluding carboxylic acids is 2. The molecule has 1 aliphatic rings. The Bertz CT molecular complexity index is 1260. The molecular weight excluding hydrogens is 496 g/mol. The van der Waals surface area contributed by atoms with Crippen molar-refractivity contribution in [1.82, 2.24) is 5.32 Å². The van der Waals surface area contributed by atoms with E-state index in [2.05, 4.69) is 16.4 Å². The summed E-state index contributed by atoms with van der Waals surface area (Å²) in [7, 11) is 0. The maximum absolute atomic E-state index is 12.6. The first-order valence-corrected chi connectivity index (χ1v) is 12.1. The predicted octanol–water partition coefficient (Wildman–Crippen LogP) is 4.02. The lowest BCUT2D eigenvalue weighted by molar-refractivity contribution is -0.141. The number of aliphatic imine (C=N–C) groups is 1. The van der Waals surface area contributed by atoms with E-state index in [1.165, 1.54) is 29.8 Å². The van der Waals surface area contributed by atoms with Gasteiger partial charge in [0.05, 0.1) is 17.7 Å². The van der Waals surface area contributed by atoms with E-state index >= 15 is 0 Å². The molecule has 0 saturated heterocycles. The number of carboxylic acid groups (broad SMARTS) is 1. The Kier molecular flexibility index (Phi) is 9.45. The fourth-order valence-corrected chi connectivity index (χ4v) is 4.08. The van der Waals surface area contributed by atoms with Gasteiger partial charge < -0.3 is 26.6 Å². The molecule has 0 radical (unpaired) electrons. The van der Waals surface area contributed by atoms with Crippen molar-refractivity contribution < 1.29 is 24.2 Å². The molecule has 0 unspecified atom stereocenters. The summed E-state index contributed by atoms with van der Waals surface area (Å²) in [6.45, 7) is 2.05. The van der Waals surface area contributed by atoms with Crippen molar-refractivity contribution >= 4 is 41.1 Å². The van der Waals surface area contributed by atoms with Crippen molar-refractivity contribution in [3.05, 3.63) is 81.9 Å². The molecule has 0 saturated carbocycles. The number of allylic oxidation sites excluding steroid dienone is 3. The normalized spacial score (nSPS) is 13.6. The first kappa shape index (κ1) is 27.5. The lowest BCUT2D eigenvalue weighted by Crippen LogP contribution is -2.41. The molecule has 0 spiro atoms. The van der Waals surface area contributed by atoms with Gasteiger partial charge in [-0.3, -0.25) is 4.79 Å². The second-order valence-corrected chi connectivity index (χ2v) is 8.95. The number of benzene rings is 2. The quantitative estimate of drug-likeness (QED) is 0.158. The average molecular weight is 525 g/mol. The van der Waals surface area contributed by atoms with E-state index in [0.717, 1.165) is 24.8 Å². The minimum absolute atomic E-state index is 0.0955. The van der Waals surface area contributed by atoms with Crippen LogP contribution in [0.15, 0.2) is 70.8 Å². The summed E-state index contributed by atoms with van der Waals surface area (Å²) >= 11 is 6.32. The van der Waals surface area contributed by atoms with Crippen LogP contribution < -0.4 is 21.5 Å². The Hall–Kier alpha value is -4.11. The van der Waals surface area contributed by atoms with Crippen LogP contribution in [0.4, 0.5) is 5.69 Å². The fraction of sp³-hybridized carbons (Fsp3) is 0.259. The summed E-state index contributed by atoms with van der Waals surface area (Å²) in [5.41, 5.74) is 14.1. The molecular formula is C27H29ClN4O5. The lowest BCUT2D eigenvalue weighted by atomic mass is 9.93. The van der Waals surface area contributed by atoms with E-state index in [1.54, 1.807) is 18.2 Å². The topological polar surface area (TPSA) is 157 Å². The van der Waals surface area contributed by atoms with Crippen LogP contribution in [-0.4, -0.2) is 35.0 Å². The van der Waals surface area contributed by atoms with Crippen LogP contribution >= 0.6 is 11.6 Å². The highest BCUT2D eigenvalue weighted by Gasteiger charge is 2.23. The largest absolute Gasteiger partial charge is 0.480 e. The maximum atomic E-state index is 12.6. The number of carbonyl (C=O) groups is 3. The van der Waals surface area contributed by atoms with Gasteiger partial charge in [-0.1, -0.05) is 47.9 Å². The number of guanidine groups is 1. The molecule has 0 aliphatic heterocycles. The SMILES string of the molecule is CCC1=CCCC(C[C@H](NC(=O)Cc2ccc(OC(=O)c3ccc(N=C(N)N)cc3)cc2Cl)C(=O)O)=C1. The van der Waals surface area contributed by atoms with E-state index in [4.69, 9.17) is 27.8 Å². The first-order chi connectivity index (χ1) is 17.6. The molecule has 2 aromatic carbocycles. The maximum Gasteiger partial charge on any atom is 0.343 e. The van der Waals surface area contributed by atoms with Gasteiger partial charge in [-0.25, -0.2) is 14.6 Å². The van der Waals surface area contributed by atoms with Crippen LogP contribution in [0.3, 0.4) is 0 Å². The standard InChI is InChI=1S/C27H29ClN4O5/c1-2-16-4-3-5-17(12-16)13-23(25(34)35)32-24(33)14-19-8-11-21(15-22(19)28)37-26(36)18-6-9-20(10-7-18)31-27(29)30/h4,6-12,15,23H,2-3,5,13-14H2,1H3,(H,32,33)(H,34,35)(H4,29,30,31)/t23-/m0/s1. The molecule has 0 bridgehead atoms. The number of ether oxygens (including phenoxy) is 1. The smallest absolute Gasteiger partial charge is 0.343 e. The summed E-state index contributed by atoms with van der Waals surface area (Å²) in [4.78, 5) is 40.7. The van der Waals surface area contributed by atoms with Crippen LogP contribution in [0.1, 0.15) is 48.5 Å². The monoisotopic (exact) mass is 524 g/mol. The van der Waals surface area contributed by atoms with E-state index in [1.807, 2.05) is 13.0 Å². The highest BCUT2D eigenvalue weighted by atomic mass is 35.5. The third kappa shape index (κ3) is 8.22. The number of aliphatic carboxylic acids is 1. The van der Waals surface area contributed by atoms with E-state index in [9.17, 15) is 19.5 Å². The van der Waals surface area contributed by atoms with Gasteiger partial charge in [0.2, 0.25) is 5.91 Å². The average Bonchev–Trinajstić information content (AvgIpc) is 2.85. The summed E-state index contributed by atoms with van der Waals surface area (Å²) in [5, 5.41) is 12.4. The third-order valence-electron chi connectivity index (χ3n) is 5.72. The molecule has 37 heavy (non-hydrogen) atoms. The number of amides is 1. The van der Waals surface area contributed by atoms with Crippen LogP contribution in [0.25, 0.3) is 0 Å². The van der Waals surface area contributed by atoms with Gasteiger partial charge in [-0.05, 0) is 67.6 Å². The number of carboxylic acids is 1. The Morgan fingerprint density at radius 2 is 1.89 bits per heavy atom. The zero-order valence-electron chi connectivity index (χ0n) is 20.4. The van der Waals surface area contributed by atoms with Crippen molar-refractivity contribution in [2.45, 2.75) is 45.1 Å². The van der Waals surface area contributed by atoms with Crippen molar-refractivity contribution in [2.24, 2.45) is 16.5 Å². The number of hydrogen-bond acceptors (Lipinski definition) is 5. The Morgan fingerprint density at radius 3 is 2.51 bits per heavy atom. The molecule has 0 heterocycles. The number of halogens is 1. The Morgan fingerprint density at radius 1 is 1.16 bits per heavy atom. The van der Waals surface area contributed by atoms with Gasteiger partial charge in [0.25, 0.3) is 0 Å². The van der Waals surface area contributed by atoms with E-state index in [-0.39, 0.29) is 35.1 Å². The molecule has 10 heteroatoms. The Balaban J connectivity index is 1.60. The minimum atomic E-state index is -1.10. The molecule has 1 atom stereocenters. The van der Waals surface area contributed by atoms with Crippen LogP contribution in [0, 0.1) is 0 Å². The van der Waals surface area contributed by atoms with Crippen molar-refractivity contribution in [1.29, 1.82) is 0 Å². The van der Waals surface area contributed by atoms with Crippen molar-refractivity contribution in [2.75, 3.05) is 0 Å². The summed E-state index contributed by atoms with van der Waals surface area (Å²) < 4.78 is 5.36. The van der Waals surface area contributed by atoms with E-state index in [0.29, 0.717) is 11.3 Å². The van der Waals surface area contributed by atoms with Gasteiger partial charge in [0, 0.05) is 5.02 Å². The zero-order valence-corrected chi connectivity index (χ0v) is 21.1. The number of rotatable bonds is 10. The molecule has 2 aromatic rings. The molecule has 1 amide bonds. The highest BCUT2D eigenvalue weighted by molar-refractivity contribution is 6.31. The predicted molar refractivity (Wildman–Crippen MR) is 142 cm³/mol. The highest BCUT2D eigenvalue weighted by Crippen LogP contribution is 2.25.